The summed E-state index contributed by atoms with van der Waals surface area (Å²) in [6.07, 6.45) is 0. The van der Waals surface area contributed by atoms with Crippen molar-refractivity contribution in [2.24, 2.45) is 0 Å². The molecule has 0 fully saturated rings. The molecule has 226 valence electrons. The molecule has 2 amide bonds. The molecule has 0 radical (unpaired) electrons. The van der Waals surface area contributed by atoms with Crippen LogP contribution >= 0.6 is 0 Å². The van der Waals surface area contributed by atoms with Gasteiger partial charge in [-0.15, -0.1) is 0 Å². The number of amides is 2. The van der Waals surface area contributed by atoms with E-state index in [1.165, 1.54) is 38.1 Å². The maximum atomic E-state index is 13.0. The molecule has 2 aromatic heterocycles. The van der Waals surface area contributed by atoms with E-state index in [1.54, 1.807) is 0 Å². The summed E-state index contributed by atoms with van der Waals surface area (Å²) in [5, 5.41) is 2.89. The second-order valence-corrected chi connectivity index (χ2v) is 12.3. The third-order valence-electron chi connectivity index (χ3n) is 6.09. The van der Waals surface area contributed by atoms with E-state index >= 15 is 0 Å². The molecule has 0 saturated carbocycles. The lowest BCUT2D eigenvalue weighted by atomic mass is 10.1. The van der Waals surface area contributed by atoms with Crippen LogP contribution in [0.5, 0.6) is 0 Å². The number of carbonyl (C=O) groups excluding carboxylic acids is 2. The summed E-state index contributed by atoms with van der Waals surface area (Å²) < 4.78 is 60.5. The molecule has 0 unspecified atom stereocenters. The zero-order valence-corrected chi connectivity index (χ0v) is 24.0. The van der Waals surface area contributed by atoms with Gasteiger partial charge in [-0.2, -0.15) is 16.8 Å². The van der Waals surface area contributed by atoms with Crippen LogP contribution in [0.3, 0.4) is 0 Å². The van der Waals surface area contributed by atoms with Crippen molar-refractivity contribution in [3.63, 3.8) is 0 Å². The number of carbonyl (C=O) groups is 2. The van der Waals surface area contributed by atoms with Crippen molar-refractivity contribution in [2.45, 2.75) is 23.6 Å². The predicted octanol–water partition coefficient (Wildman–Crippen LogP) is -0.536. The number of benzene rings is 3. The standard InChI is InChI=1S/C26H18N4O12S2/c1-13(31)27-15-3-7-17(8-4-15)43(37,38)41-29-23(33)19-11-21-22(12-20(19)24(29)34)26(36)30(25(21)35)42-44(39,40)18-9-5-16(6-10-18)28-14(2)32/h3-12H,1-2H3,(H,27,31)(H,28,32). The molecule has 5 aromatic rings. The number of nitrogens with zero attached hydrogens (tertiary/aromatic N) is 2. The molecule has 3 aromatic carbocycles. The van der Waals surface area contributed by atoms with E-state index in [2.05, 4.69) is 10.6 Å². The minimum atomic E-state index is -4.75. The van der Waals surface area contributed by atoms with Gasteiger partial charge in [0.15, 0.2) is 0 Å². The topological polar surface area (TPSA) is 223 Å². The summed E-state index contributed by atoms with van der Waals surface area (Å²) >= 11 is 0. The monoisotopic (exact) mass is 642 g/mol. The van der Waals surface area contributed by atoms with Crippen molar-refractivity contribution in [3.8, 4) is 0 Å². The van der Waals surface area contributed by atoms with Crippen molar-refractivity contribution in [1.29, 1.82) is 0 Å². The lowest BCUT2D eigenvalue weighted by Gasteiger charge is -2.06. The average molecular weight is 643 g/mol. The van der Waals surface area contributed by atoms with Gasteiger partial charge in [0.2, 0.25) is 11.8 Å². The van der Waals surface area contributed by atoms with Crippen LogP contribution in [0.4, 0.5) is 11.4 Å². The molecule has 0 spiro atoms. The molecule has 0 aliphatic heterocycles. The lowest BCUT2D eigenvalue weighted by Crippen LogP contribution is -2.36. The molecule has 0 saturated heterocycles. The Balaban J connectivity index is 1.51. The number of rotatable bonds is 8. The molecule has 44 heavy (non-hydrogen) atoms. The zero-order valence-electron chi connectivity index (χ0n) is 22.4. The fourth-order valence-corrected chi connectivity index (χ4v) is 5.94. The van der Waals surface area contributed by atoms with Crippen molar-refractivity contribution in [3.05, 3.63) is 102 Å². The maximum absolute atomic E-state index is 13.0. The Morgan fingerprint density at radius 1 is 0.545 bits per heavy atom. The first kappa shape index (κ1) is 29.9. The summed E-state index contributed by atoms with van der Waals surface area (Å²) in [4.78, 5) is 73.3. The Kier molecular flexibility index (Phi) is 7.18. The highest BCUT2D eigenvalue weighted by molar-refractivity contribution is 7.87. The number of nitrogens with one attached hydrogen (secondary N) is 2. The van der Waals surface area contributed by atoms with Crippen LogP contribution in [0.15, 0.2) is 89.6 Å². The molecule has 0 bridgehead atoms. The number of aromatic nitrogens is 2. The Morgan fingerprint density at radius 2 is 0.818 bits per heavy atom. The van der Waals surface area contributed by atoms with Crippen molar-refractivity contribution in [1.82, 2.24) is 9.46 Å². The number of hydrogen-bond acceptors (Lipinski definition) is 12. The Hall–Kier alpha value is -5.62. The number of anilines is 2. The van der Waals surface area contributed by atoms with E-state index < -0.39 is 85.6 Å². The van der Waals surface area contributed by atoms with Gasteiger partial charge < -0.3 is 10.6 Å². The van der Waals surface area contributed by atoms with Crippen LogP contribution in [-0.2, 0) is 29.8 Å². The summed E-state index contributed by atoms with van der Waals surface area (Å²) in [6, 6.07) is 10.9. The van der Waals surface area contributed by atoms with E-state index in [0.29, 0.717) is 0 Å². The molecule has 5 rings (SSSR count). The van der Waals surface area contributed by atoms with Gasteiger partial charge in [0.05, 0.1) is 21.5 Å². The number of hydrogen-bond donors (Lipinski definition) is 2. The lowest BCUT2D eigenvalue weighted by molar-refractivity contribution is -0.115. The summed E-state index contributed by atoms with van der Waals surface area (Å²) in [5.41, 5.74) is -4.58. The predicted molar refractivity (Wildman–Crippen MR) is 154 cm³/mol. The Bertz CT molecular complexity index is 2190. The normalized spacial score (nSPS) is 11.9. The van der Waals surface area contributed by atoms with Gasteiger partial charge in [-0.05, 0) is 60.7 Å². The third-order valence-corrected chi connectivity index (χ3v) is 8.48. The molecule has 2 heterocycles. The second kappa shape index (κ2) is 10.6. The summed E-state index contributed by atoms with van der Waals surface area (Å²) in [7, 11) is -9.50. The van der Waals surface area contributed by atoms with Crippen molar-refractivity contribution in [2.75, 3.05) is 10.6 Å². The average Bonchev–Trinajstić information content (AvgIpc) is 3.31. The zero-order chi connectivity index (χ0) is 32.1. The minimum Gasteiger partial charge on any atom is -0.326 e. The fraction of sp³-hybridized carbons (Fsp3) is 0.0769. The second-order valence-electron chi connectivity index (χ2n) is 9.22. The Labute approximate surface area is 245 Å². The van der Waals surface area contributed by atoms with Crippen molar-refractivity contribution >= 4 is 65.0 Å². The van der Waals surface area contributed by atoms with E-state index in [1.807, 2.05) is 0 Å². The van der Waals surface area contributed by atoms with Gasteiger partial charge in [-0.3, -0.25) is 37.3 Å². The Morgan fingerprint density at radius 3 is 1.07 bits per heavy atom. The third kappa shape index (κ3) is 5.34. The molecular formula is C26H18N4O12S2. The van der Waals surface area contributed by atoms with Crippen LogP contribution in [0, 0.1) is 0 Å². The molecule has 0 atom stereocenters. The molecule has 0 aliphatic rings. The molecular weight excluding hydrogens is 624 g/mol. The van der Waals surface area contributed by atoms with Crippen molar-refractivity contribution < 1.29 is 35.0 Å². The molecule has 0 aliphatic carbocycles. The smallest absolute Gasteiger partial charge is 0.326 e. The first-order valence-corrected chi connectivity index (χ1v) is 15.0. The summed E-state index contributed by atoms with van der Waals surface area (Å²) in [6.45, 7) is 2.49. The van der Waals surface area contributed by atoms with Gasteiger partial charge in [-0.1, -0.05) is 9.46 Å². The fourth-order valence-electron chi connectivity index (χ4n) is 4.16. The highest BCUT2D eigenvalue weighted by atomic mass is 32.2. The van der Waals surface area contributed by atoms with Crippen LogP contribution < -0.4 is 41.4 Å². The van der Waals surface area contributed by atoms with Gasteiger partial charge in [0, 0.05) is 25.2 Å². The van der Waals surface area contributed by atoms with E-state index in [9.17, 15) is 45.6 Å². The first-order valence-electron chi connectivity index (χ1n) is 12.2. The maximum Gasteiger partial charge on any atom is 0.357 e. The summed E-state index contributed by atoms with van der Waals surface area (Å²) in [5.74, 6) is -0.810. The SMILES string of the molecule is CC(=O)Nc1ccc(S(=O)(=O)On2c(=O)c3cc4c(=O)n(OS(=O)(=O)c5ccc(NC(C)=O)cc5)c(=O)c4cc3c2=O)cc1. The van der Waals surface area contributed by atoms with Crippen LogP contribution in [0.2, 0.25) is 0 Å². The minimum absolute atomic E-state index is 0.0603. The van der Waals surface area contributed by atoms with Gasteiger partial charge in [0.25, 0.3) is 22.2 Å². The highest BCUT2D eigenvalue weighted by Gasteiger charge is 2.27. The largest absolute Gasteiger partial charge is 0.357 e. The number of fused-ring (bicyclic) bond motifs is 2. The van der Waals surface area contributed by atoms with Gasteiger partial charge >= 0.3 is 20.2 Å². The van der Waals surface area contributed by atoms with Crippen LogP contribution in [-0.4, -0.2) is 38.1 Å². The van der Waals surface area contributed by atoms with E-state index in [-0.39, 0.29) is 20.8 Å². The molecule has 16 nitrogen and oxygen atoms in total. The first-order chi connectivity index (χ1) is 20.6. The highest BCUT2D eigenvalue weighted by Crippen LogP contribution is 2.18. The van der Waals surface area contributed by atoms with E-state index in [4.69, 9.17) is 8.57 Å². The van der Waals surface area contributed by atoms with Crippen LogP contribution in [0.1, 0.15) is 13.8 Å². The quantitative estimate of drug-likeness (QED) is 0.218. The van der Waals surface area contributed by atoms with Gasteiger partial charge in [0.1, 0.15) is 9.79 Å². The molecule has 2 N–H and O–H groups in total. The van der Waals surface area contributed by atoms with E-state index in [0.717, 1.165) is 36.4 Å². The van der Waals surface area contributed by atoms with Gasteiger partial charge in [-0.25, -0.2) is 0 Å². The van der Waals surface area contributed by atoms with Crippen LogP contribution in [0.25, 0.3) is 21.5 Å². The molecule has 18 heteroatoms.